The molecular weight excluding hydrogens is 458 g/mol. The number of hydrogen-bond donors (Lipinski definition) is 1. The van der Waals surface area contributed by atoms with Gasteiger partial charge in [0.05, 0.1) is 26.7 Å². The number of methoxy groups -OCH3 is 2. The van der Waals surface area contributed by atoms with Crippen LogP contribution in [0.3, 0.4) is 0 Å². The third-order valence-electron chi connectivity index (χ3n) is 7.66. The van der Waals surface area contributed by atoms with Crippen molar-refractivity contribution < 1.29 is 28.5 Å². The van der Waals surface area contributed by atoms with E-state index in [0.717, 1.165) is 64.5 Å². The van der Waals surface area contributed by atoms with E-state index in [0.29, 0.717) is 12.4 Å². The first-order valence-corrected chi connectivity index (χ1v) is 12.2. The number of carbonyl (C=O) groups is 1. The van der Waals surface area contributed by atoms with Gasteiger partial charge < -0.3 is 29.4 Å². The van der Waals surface area contributed by atoms with Gasteiger partial charge in [-0.05, 0) is 77.9 Å². The van der Waals surface area contributed by atoms with E-state index in [9.17, 15) is 4.79 Å². The summed E-state index contributed by atoms with van der Waals surface area (Å²) in [7, 11) is 3.34. The van der Waals surface area contributed by atoms with Gasteiger partial charge in [0.1, 0.15) is 11.5 Å². The molecule has 0 aromatic heterocycles. The molecule has 0 spiro atoms. The third kappa shape index (κ3) is 3.79. The number of fused-ring (bicyclic) bond motifs is 3. The maximum absolute atomic E-state index is 12.9. The minimum Gasteiger partial charge on any atom is -0.496 e. The summed E-state index contributed by atoms with van der Waals surface area (Å²) in [6.45, 7) is 0.643. The molecular formula is C29H29NO6. The third-order valence-corrected chi connectivity index (χ3v) is 7.66. The Balaban J connectivity index is 1.42. The number of benzene rings is 3. The molecule has 1 fully saturated rings. The van der Waals surface area contributed by atoms with Gasteiger partial charge in [-0.3, -0.25) is 4.79 Å². The predicted molar refractivity (Wildman–Crippen MR) is 134 cm³/mol. The lowest BCUT2D eigenvalue weighted by molar-refractivity contribution is -0.141. The van der Waals surface area contributed by atoms with Gasteiger partial charge in [0.25, 0.3) is 0 Å². The van der Waals surface area contributed by atoms with E-state index < -0.39 is 0 Å². The van der Waals surface area contributed by atoms with Crippen molar-refractivity contribution in [1.29, 1.82) is 0 Å². The zero-order chi connectivity index (χ0) is 24.8. The van der Waals surface area contributed by atoms with Crippen molar-refractivity contribution in [1.82, 2.24) is 0 Å². The van der Waals surface area contributed by atoms with Gasteiger partial charge in [-0.25, -0.2) is 0 Å². The summed E-state index contributed by atoms with van der Waals surface area (Å²) in [4.78, 5) is 12.9. The second-order valence-electron chi connectivity index (χ2n) is 9.65. The Hall–Kier alpha value is -3.87. The minimum absolute atomic E-state index is 0.109. The molecule has 3 unspecified atom stereocenters. The van der Waals surface area contributed by atoms with Crippen molar-refractivity contribution in [3.63, 3.8) is 0 Å². The smallest absolute Gasteiger partial charge is 0.310 e. The second kappa shape index (κ2) is 8.97. The zero-order valence-electron chi connectivity index (χ0n) is 20.4. The summed E-state index contributed by atoms with van der Waals surface area (Å²) in [6.07, 6.45) is 2.33. The summed E-state index contributed by atoms with van der Waals surface area (Å²) < 4.78 is 28.6. The van der Waals surface area contributed by atoms with Crippen LogP contribution in [0.25, 0.3) is 0 Å². The quantitative estimate of drug-likeness (QED) is 0.410. The largest absolute Gasteiger partial charge is 0.496 e. The Labute approximate surface area is 210 Å². The highest BCUT2D eigenvalue weighted by Gasteiger charge is 2.48. The fourth-order valence-electron chi connectivity index (χ4n) is 5.89. The molecule has 3 aromatic carbocycles. The molecule has 1 saturated heterocycles. The normalized spacial score (nSPS) is 21.5. The van der Waals surface area contributed by atoms with Crippen molar-refractivity contribution >= 4 is 11.7 Å². The van der Waals surface area contributed by atoms with Crippen LogP contribution in [0.5, 0.6) is 23.0 Å². The van der Waals surface area contributed by atoms with E-state index in [-0.39, 0.29) is 30.5 Å². The Bertz CT molecular complexity index is 1290. The summed E-state index contributed by atoms with van der Waals surface area (Å²) >= 11 is 0. The van der Waals surface area contributed by atoms with Gasteiger partial charge in [0, 0.05) is 23.1 Å². The molecule has 3 aliphatic rings. The lowest BCUT2D eigenvalue weighted by atomic mass is 9.67. The maximum Gasteiger partial charge on any atom is 0.310 e. The average Bonchev–Trinajstić information content (AvgIpc) is 3.51. The Morgan fingerprint density at radius 1 is 0.917 bits per heavy atom. The molecule has 0 bridgehead atoms. The monoisotopic (exact) mass is 487 g/mol. The highest BCUT2D eigenvalue weighted by Crippen LogP contribution is 2.51. The molecule has 2 aliphatic heterocycles. The SMILES string of the molecule is COc1cc(C2c3cc4c(cc3CC3COC(=O)C32)OCO4)cc(OC)c1CCc1ccc(N)cc1. The van der Waals surface area contributed by atoms with E-state index in [1.54, 1.807) is 14.2 Å². The highest BCUT2D eigenvalue weighted by atomic mass is 16.7. The molecule has 6 rings (SSSR count). The Kier molecular flexibility index (Phi) is 5.63. The molecule has 36 heavy (non-hydrogen) atoms. The number of rotatable bonds is 6. The molecule has 0 radical (unpaired) electrons. The lowest BCUT2D eigenvalue weighted by Crippen LogP contribution is -2.31. The first kappa shape index (κ1) is 22.6. The molecule has 186 valence electrons. The molecule has 2 N–H and O–H groups in total. The molecule has 2 heterocycles. The van der Waals surface area contributed by atoms with Gasteiger partial charge >= 0.3 is 5.97 Å². The number of esters is 1. The predicted octanol–water partition coefficient (Wildman–Crippen LogP) is 4.28. The van der Waals surface area contributed by atoms with Crippen LogP contribution in [-0.4, -0.2) is 33.6 Å². The summed E-state index contributed by atoms with van der Waals surface area (Å²) in [5.74, 6) is 2.44. The zero-order valence-corrected chi connectivity index (χ0v) is 20.4. The first-order valence-electron chi connectivity index (χ1n) is 12.2. The number of carbonyl (C=O) groups excluding carboxylic acids is 1. The maximum atomic E-state index is 12.9. The summed E-state index contributed by atoms with van der Waals surface area (Å²) in [5.41, 5.74) is 12.0. The minimum atomic E-state index is -0.270. The molecule has 0 saturated carbocycles. The molecule has 3 atom stereocenters. The van der Waals surface area contributed by atoms with Crippen LogP contribution in [0.2, 0.25) is 0 Å². The first-order chi connectivity index (χ1) is 17.6. The van der Waals surface area contributed by atoms with Gasteiger partial charge in [0.15, 0.2) is 11.5 Å². The van der Waals surface area contributed by atoms with Crippen LogP contribution in [0.4, 0.5) is 5.69 Å². The fourth-order valence-corrected chi connectivity index (χ4v) is 5.89. The number of hydrogen-bond acceptors (Lipinski definition) is 7. The summed E-state index contributed by atoms with van der Waals surface area (Å²) in [5, 5.41) is 0. The lowest BCUT2D eigenvalue weighted by Gasteiger charge is -2.34. The van der Waals surface area contributed by atoms with E-state index in [1.807, 2.05) is 42.5 Å². The molecule has 3 aromatic rings. The van der Waals surface area contributed by atoms with Gasteiger partial charge in [0.2, 0.25) is 6.79 Å². The Morgan fingerprint density at radius 2 is 1.61 bits per heavy atom. The van der Waals surface area contributed by atoms with Gasteiger partial charge in [-0.2, -0.15) is 0 Å². The number of cyclic esters (lactones) is 1. The van der Waals surface area contributed by atoms with Crippen molar-refractivity contribution in [3.8, 4) is 23.0 Å². The molecule has 1 aliphatic carbocycles. The van der Waals surface area contributed by atoms with Crippen LogP contribution in [-0.2, 0) is 28.8 Å². The number of nitrogens with two attached hydrogens (primary N) is 1. The van der Waals surface area contributed by atoms with Crippen LogP contribution in [0, 0.1) is 11.8 Å². The molecule has 0 amide bonds. The number of anilines is 1. The molecule has 7 heteroatoms. The van der Waals surface area contributed by atoms with Crippen molar-refractivity contribution in [2.75, 3.05) is 33.4 Å². The molecule has 7 nitrogen and oxygen atoms in total. The van der Waals surface area contributed by atoms with Crippen LogP contribution in [0.1, 0.15) is 33.7 Å². The van der Waals surface area contributed by atoms with Crippen molar-refractivity contribution in [2.24, 2.45) is 11.8 Å². The number of aryl methyl sites for hydroxylation is 1. The van der Waals surface area contributed by atoms with E-state index in [4.69, 9.17) is 29.4 Å². The standard InChI is InChI=1S/C29H29NO6/c1-32-23-11-18(12-24(33-2)21(23)8-5-16-3-6-20(30)7-4-16)27-22-13-26-25(35-15-36-26)10-17(22)9-19-14-34-29(31)28(19)27/h3-4,6-7,10-13,19,27-28H,5,8-9,14-15,30H2,1-2H3. The van der Waals surface area contributed by atoms with Crippen molar-refractivity contribution in [2.45, 2.75) is 25.2 Å². The van der Waals surface area contributed by atoms with Gasteiger partial charge in [-0.15, -0.1) is 0 Å². The fraction of sp³-hybridized carbons (Fsp3) is 0.345. The highest BCUT2D eigenvalue weighted by molar-refractivity contribution is 5.78. The van der Waals surface area contributed by atoms with Crippen LogP contribution < -0.4 is 24.7 Å². The van der Waals surface area contributed by atoms with Crippen LogP contribution in [0.15, 0.2) is 48.5 Å². The van der Waals surface area contributed by atoms with Crippen LogP contribution >= 0.6 is 0 Å². The second-order valence-corrected chi connectivity index (χ2v) is 9.65. The number of nitrogen functional groups attached to an aromatic ring is 1. The van der Waals surface area contributed by atoms with E-state index >= 15 is 0 Å². The van der Waals surface area contributed by atoms with Crippen molar-refractivity contribution in [3.05, 3.63) is 76.3 Å². The van der Waals surface area contributed by atoms with Gasteiger partial charge in [-0.1, -0.05) is 12.1 Å². The topological polar surface area (TPSA) is 89.2 Å². The van der Waals surface area contributed by atoms with E-state index in [1.165, 1.54) is 5.56 Å². The number of ether oxygens (including phenoxy) is 5. The average molecular weight is 488 g/mol. The van der Waals surface area contributed by atoms with E-state index in [2.05, 4.69) is 6.07 Å². The Morgan fingerprint density at radius 3 is 2.31 bits per heavy atom. The summed E-state index contributed by atoms with van der Waals surface area (Å²) in [6, 6.07) is 16.1.